The van der Waals surface area contributed by atoms with Gasteiger partial charge in [-0.15, -0.1) is 11.6 Å². The average molecular weight is 334 g/mol. The van der Waals surface area contributed by atoms with Gasteiger partial charge in [-0.2, -0.15) is 9.40 Å². The zero-order valence-electron chi connectivity index (χ0n) is 12.7. The van der Waals surface area contributed by atoms with Gasteiger partial charge in [-0.25, -0.2) is 8.42 Å². The number of nitrogens with zero attached hydrogens (tertiary/aromatic N) is 2. The molecule has 0 aliphatic carbocycles. The van der Waals surface area contributed by atoms with E-state index in [0.29, 0.717) is 30.4 Å². The lowest BCUT2D eigenvalue weighted by Crippen LogP contribution is -2.32. The monoisotopic (exact) mass is 333 g/mol. The van der Waals surface area contributed by atoms with Crippen molar-refractivity contribution >= 4 is 21.6 Å². The summed E-state index contributed by atoms with van der Waals surface area (Å²) in [5.74, 6) is 0.749. The zero-order chi connectivity index (χ0) is 15.5. The molecule has 0 radical (unpaired) electrons. The largest absolute Gasteiger partial charge is 0.281 e. The van der Waals surface area contributed by atoms with Gasteiger partial charge in [-0.3, -0.25) is 5.10 Å². The number of aryl methyl sites for hydroxylation is 1. The van der Waals surface area contributed by atoms with Crippen LogP contribution in [-0.4, -0.2) is 36.0 Å². The van der Waals surface area contributed by atoms with Crippen molar-refractivity contribution in [3.05, 3.63) is 11.4 Å². The molecule has 1 unspecified atom stereocenters. The van der Waals surface area contributed by atoms with E-state index in [1.54, 1.807) is 11.2 Å². The van der Waals surface area contributed by atoms with Crippen LogP contribution in [0.15, 0.2) is 4.90 Å². The van der Waals surface area contributed by atoms with Gasteiger partial charge in [0.15, 0.2) is 0 Å². The fraction of sp³-hybridized carbons (Fsp3) is 0.786. The highest BCUT2D eigenvalue weighted by Gasteiger charge is 2.32. The smallest absolute Gasteiger partial charge is 0.246 e. The lowest BCUT2D eigenvalue weighted by atomic mass is 9.96. The Morgan fingerprint density at radius 3 is 2.81 bits per heavy atom. The highest BCUT2D eigenvalue weighted by atomic mass is 35.5. The molecule has 2 heterocycles. The summed E-state index contributed by atoms with van der Waals surface area (Å²) in [7, 11) is -3.50. The lowest BCUT2D eigenvalue weighted by molar-refractivity contribution is 0.399. The number of hydrogen-bond donors (Lipinski definition) is 1. The third-order valence-electron chi connectivity index (χ3n) is 4.19. The number of rotatable bonds is 5. The van der Waals surface area contributed by atoms with E-state index in [1.165, 1.54) is 6.42 Å². The van der Waals surface area contributed by atoms with Crippen molar-refractivity contribution in [1.29, 1.82) is 0 Å². The number of sulfonamides is 1. The molecule has 0 spiro atoms. The van der Waals surface area contributed by atoms with Crippen molar-refractivity contribution in [2.45, 2.75) is 56.7 Å². The Morgan fingerprint density at radius 1 is 1.38 bits per heavy atom. The number of aromatic nitrogens is 2. The summed E-state index contributed by atoms with van der Waals surface area (Å²) in [4.78, 5) is 0.270. The van der Waals surface area contributed by atoms with Crippen LogP contribution in [0.25, 0.3) is 0 Å². The maximum atomic E-state index is 12.9. The number of alkyl halides is 1. The van der Waals surface area contributed by atoms with Gasteiger partial charge < -0.3 is 0 Å². The second-order valence-electron chi connectivity index (χ2n) is 5.75. The molecule has 0 aromatic carbocycles. The van der Waals surface area contributed by atoms with Crippen molar-refractivity contribution in [2.24, 2.45) is 5.92 Å². The maximum Gasteiger partial charge on any atom is 0.246 e. The Morgan fingerprint density at radius 2 is 2.14 bits per heavy atom. The summed E-state index contributed by atoms with van der Waals surface area (Å²) >= 11 is 5.82. The van der Waals surface area contributed by atoms with Crippen molar-refractivity contribution in [1.82, 2.24) is 14.5 Å². The van der Waals surface area contributed by atoms with Gasteiger partial charge in [0.1, 0.15) is 4.90 Å². The summed E-state index contributed by atoms with van der Waals surface area (Å²) < 4.78 is 27.4. The minimum absolute atomic E-state index is 0.102. The minimum atomic E-state index is -3.50. The standard InChI is InChI=1S/C14H24ClN3O2S/c1-3-5-12-6-4-8-18(9-7-12)21(19,20)14-11(2)16-17-13(14)10-15/h12H,3-10H2,1-2H3,(H,16,17). The molecule has 1 aliphatic rings. The van der Waals surface area contributed by atoms with Crippen LogP contribution in [0.4, 0.5) is 0 Å². The lowest BCUT2D eigenvalue weighted by Gasteiger charge is -2.20. The summed E-state index contributed by atoms with van der Waals surface area (Å²) in [6.45, 7) is 5.10. The topological polar surface area (TPSA) is 66.1 Å². The van der Waals surface area contributed by atoms with Crippen LogP contribution in [-0.2, 0) is 15.9 Å². The van der Waals surface area contributed by atoms with Crippen LogP contribution < -0.4 is 0 Å². The van der Waals surface area contributed by atoms with Gasteiger partial charge >= 0.3 is 0 Å². The van der Waals surface area contributed by atoms with Crippen molar-refractivity contribution in [3.8, 4) is 0 Å². The van der Waals surface area contributed by atoms with Crippen LogP contribution in [0.3, 0.4) is 0 Å². The summed E-state index contributed by atoms with van der Waals surface area (Å²) in [6.07, 6.45) is 5.34. The summed E-state index contributed by atoms with van der Waals surface area (Å²) in [5, 5.41) is 6.74. The van der Waals surface area contributed by atoms with Crippen LogP contribution in [0.1, 0.15) is 50.4 Å². The second-order valence-corrected chi connectivity index (χ2v) is 7.89. The van der Waals surface area contributed by atoms with Crippen LogP contribution >= 0.6 is 11.6 Å². The number of halogens is 1. The van der Waals surface area contributed by atoms with Crippen molar-refractivity contribution in [2.75, 3.05) is 13.1 Å². The van der Waals surface area contributed by atoms with Crippen LogP contribution in [0.5, 0.6) is 0 Å². The maximum absolute atomic E-state index is 12.9. The third-order valence-corrected chi connectivity index (χ3v) is 6.55. The Kier molecular flexibility index (Phi) is 5.68. The Balaban J connectivity index is 2.21. The van der Waals surface area contributed by atoms with Gasteiger partial charge in [0.05, 0.1) is 17.3 Å². The molecule has 0 saturated carbocycles. The Hall–Kier alpha value is -0.590. The predicted octanol–water partition coefficient (Wildman–Crippen LogP) is 3.05. The average Bonchev–Trinajstić information content (AvgIpc) is 2.67. The van der Waals surface area contributed by atoms with Gasteiger partial charge in [-0.05, 0) is 32.1 Å². The van der Waals surface area contributed by atoms with E-state index in [2.05, 4.69) is 17.1 Å². The first-order valence-corrected chi connectivity index (χ1v) is 9.58. The Labute approximate surface area is 132 Å². The molecule has 0 amide bonds. The zero-order valence-corrected chi connectivity index (χ0v) is 14.3. The molecule has 1 saturated heterocycles. The summed E-state index contributed by atoms with van der Waals surface area (Å²) in [6, 6.07) is 0. The fourth-order valence-electron chi connectivity index (χ4n) is 3.11. The SMILES string of the molecule is CCCC1CCCN(S(=O)(=O)c2c(CCl)n[nH]c2C)CC1. The first-order valence-electron chi connectivity index (χ1n) is 7.60. The number of H-pyrrole nitrogens is 1. The van der Waals surface area contributed by atoms with Gasteiger partial charge in [0.25, 0.3) is 0 Å². The molecule has 1 aromatic heterocycles. The normalized spacial score (nSPS) is 21.4. The van der Waals surface area contributed by atoms with E-state index in [0.717, 1.165) is 25.7 Å². The third kappa shape index (κ3) is 3.60. The Bertz CT molecular complexity index is 571. The molecular formula is C14H24ClN3O2S. The second kappa shape index (κ2) is 7.11. The van der Waals surface area contributed by atoms with Crippen LogP contribution in [0.2, 0.25) is 0 Å². The number of aromatic amines is 1. The molecule has 2 rings (SSSR count). The molecule has 0 bridgehead atoms. The quantitative estimate of drug-likeness (QED) is 0.842. The fourth-order valence-corrected chi connectivity index (χ4v) is 5.20. The summed E-state index contributed by atoms with van der Waals surface area (Å²) in [5.41, 5.74) is 0.989. The van der Waals surface area contributed by atoms with E-state index in [1.807, 2.05) is 0 Å². The van der Waals surface area contributed by atoms with E-state index >= 15 is 0 Å². The van der Waals surface area contributed by atoms with Gasteiger partial charge in [0.2, 0.25) is 10.0 Å². The molecule has 1 aliphatic heterocycles. The van der Waals surface area contributed by atoms with Gasteiger partial charge in [0, 0.05) is 13.1 Å². The molecule has 1 N–H and O–H groups in total. The van der Waals surface area contributed by atoms with E-state index in [-0.39, 0.29) is 10.8 Å². The van der Waals surface area contributed by atoms with E-state index < -0.39 is 10.0 Å². The highest BCUT2D eigenvalue weighted by molar-refractivity contribution is 7.89. The number of hydrogen-bond acceptors (Lipinski definition) is 3. The number of nitrogens with one attached hydrogen (secondary N) is 1. The first kappa shape index (κ1) is 16.8. The molecular weight excluding hydrogens is 310 g/mol. The molecule has 21 heavy (non-hydrogen) atoms. The van der Waals surface area contributed by atoms with Gasteiger partial charge in [-0.1, -0.05) is 19.8 Å². The van der Waals surface area contributed by atoms with E-state index in [9.17, 15) is 8.42 Å². The predicted molar refractivity (Wildman–Crippen MR) is 83.9 cm³/mol. The van der Waals surface area contributed by atoms with E-state index in [4.69, 9.17) is 11.6 Å². The molecule has 120 valence electrons. The molecule has 1 aromatic rings. The van der Waals surface area contributed by atoms with Crippen LogP contribution in [0, 0.1) is 12.8 Å². The highest BCUT2D eigenvalue weighted by Crippen LogP contribution is 2.28. The minimum Gasteiger partial charge on any atom is -0.281 e. The molecule has 1 atom stereocenters. The first-order chi connectivity index (χ1) is 10.0. The van der Waals surface area contributed by atoms with Crippen molar-refractivity contribution in [3.63, 3.8) is 0 Å². The molecule has 7 heteroatoms. The molecule has 1 fully saturated rings. The molecule has 5 nitrogen and oxygen atoms in total. The van der Waals surface area contributed by atoms with Crippen molar-refractivity contribution < 1.29 is 8.42 Å².